The van der Waals surface area contributed by atoms with Crippen LogP contribution in [-0.2, 0) is 0 Å². The Bertz CT molecular complexity index is 619. The molecule has 0 fully saturated rings. The molecule has 18 heavy (non-hydrogen) atoms. The predicted octanol–water partition coefficient (Wildman–Crippen LogP) is 3.62. The number of nitrogens with zero attached hydrogens (tertiary/aromatic N) is 2. The molecule has 0 saturated heterocycles. The molecule has 0 aliphatic carbocycles. The van der Waals surface area contributed by atoms with E-state index in [0.29, 0.717) is 11.3 Å². The minimum absolute atomic E-state index is 0.133. The molecule has 2 heterocycles. The average molecular weight is 311 g/mol. The normalized spacial score (nSPS) is 12.9. The smallest absolute Gasteiger partial charge is 0.354 e. The van der Waals surface area contributed by atoms with Gasteiger partial charge >= 0.3 is 5.97 Å². The van der Waals surface area contributed by atoms with Gasteiger partial charge in [-0.3, -0.25) is 4.40 Å². The quantitative estimate of drug-likeness (QED) is 0.942. The van der Waals surface area contributed by atoms with Gasteiger partial charge in [0.05, 0.1) is 5.69 Å². The Morgan fingerprint density at radius 1 is 1.61 bits per heavy atom. The van der Waals surface area contributed by atoms with Crippen molar-refractivity contribution in [2.24, 2.45) is 0 Å². The second-order valence-electron chi connectivity index (χ2n) is 4.50. The number of aryl methyl sites for hydroxylation is 1. The third kappa shape index (κ3) is 2.03. The number of aromatic nitrogens is 2. The Morgan fingerprint density at radius 3 is 2.83 bits per heavy atom. The van der Waals surface area contributed by atoms with Crippen molar-refractivity contribution >= 4 is 27.5 Å². The SMILES string of the molecule is CCC(C)c1nc2c(C)cc(Br)cn2c1C(=O)O. The number of pyridine rings is 1. The minimum atomic E-state index is -0.935. The molecule has 5 heteroatoms. The lowest BCUT2D eigenvalue weighted by molar-refractivity contribution is 0.0687. The molecule has 2 aromatic rings. The molecule has 1 atom stereocenters. The van der Waals surface area contributed by atoms with E-state index in [1.807, 2.05) is 26.8 Å². The molecule has 0 amide bonds. The first-order chi connectivity index (χ1) is 8.45. The van der Waals surface area contributed by atoms with Gasteiger partial charge in [0.25, 0.3) is 0 Å². The Labute approximate surface area is 114 Å². The number of hydrogen-bond donors (Lipinski definition) is 1. The zero-order chi connectivity index (χ0) is 13.4. The third-order valence-corrected chi connectivity index (χ3v) is 3.61. The fourth-order valence-electron chi connectivity index (χ4n) is 2.04. The van der Waals surface area contributed by atoms with Crippen molar-refractivity contribution in [2.45, 2.75) is 33.1 Å². The van der Waals surface area contributed by atoms with Gasteiger partial charge in [-0.05, 0) is 40.9 Å². The van der Waals surface area contributed by atoms with Gasteiger partial charge in [-0.15, -0.1) is 0 Å². The first kappa shape index (κ1) is 13.1. The lowest BCUT2D eigenvalue weighted by Gasteiger charge is -2.06. The maximum absolute atomic E-state index is 11.5. The summed E-state index contributed by atoms with van der Waals surface area (Å²) in [4.78, 5) is 16.0. The van der Waals surface area contributed by atoms with Crippen molar-refractivity contribution in [3.05, 3.63) is 33.7 Å². The van der Waals surface area contributed by atoms with Crippen LogP contribution in [0.4, 0.5) is 0 Å². The van der Waals surface area contributed by atoms with Gasteiger partial charge in [0.15, 0.2) is 5.69 Å². The minimum Gasteiger partial charge on any atom is -0.477 e. The van der Waals surface area contributed by atoms with E-state index >= 15 is 0 Å². The number of carboxylic acids is 1. The number of carbonyl (C=O) groups is 1. The van der Waals surface area contributed by atoms with Crippen LogP contribution in [0.3, 0.4) is 0 Å². The zero-order valence-corrected chi connectivity index (χ0v) is 12.2. The summed E-state index contributed by atoms with van der Waals surface area (Å²) >= 11 is 3.39. The summed E-state index contributed by atoms with van der Waals surface area (Å²) in [5, 5.41) is 9.40. The Kier molecular flexibility index (Phi) is 3.43. The number of halogens is 1. The molecule has 1 unspecified atom stereocenters. The summed E-state index contributed by atoms with van der Waals surface area (Å²) in [6.45, 7) is 5.96. The summed E-state index contributed by atoms with van der Waals surface area (Å²) in [6.07, 6.45) is 2.62. The molecule has 0 bridgehead atoms. The standard InChI is InChI=1S/C13H15BrN2O2/c1-4-7(2)10-11(13(17)18)16-6-9(14)5-8(3)12(16)15-10/h5-7H,4H2,1-3H3,(H,17,18). The highest BCUT2D eigenvalue weighted by atomic mass is 79.9. The molecule has 0 aliphatic heterocycles. The van der Waals surface area contributed by atoms with Gasteiger partial charge in [0, 0.05) is 16.6 Å². The fraction of sp³-hybridized carbons (Fsp3) is 0.385. The van der Waals surface area contributed by atoms with E-state index < -0.39 is 5.97 Å². The Morgan fingerprint density at radius 2 is 2.28 bits per heavy atom. The van der Waals surface area contributed by atoms with Crippen LogP contribution in [0.1, 0.15) is 47.9 Å². The van der Waals surface area contributed by atoms with Crippen LogP contribution < -0.4 is 0 Å². The van der Waals surface area contributed by atoms with E-state index in [4.69, 9.17) is 0 Å². The van der Waals surface area contributed by atoms with E-state index in [0.717, 1.165) is 16.5 Å². The molecule has 0 aromatic carbocycles. The van der Waals surface area contributed by atoms with E-state index in [2.05, 4.69) is 20.9 Å². The van der Waals surface area contributed by atoms with E-state index in [-0.39, 0.29) is 11.6 Å². The van der Waals surface area contributed by atoms with Gasteiger partial charge in [0.1, 0.15) is 5.65 Å². The van der Waals surface area contributed by atoms with Crippen LogP contribution in [0.25, 0.3) is 5.65 Å². The van der Waals surface area contributed by atoms with Gasteiger partial charge in [-0.2, -0.15) is 0 Å². The highest BCUT2D eigenvalue weighted by molar-refractivity contribution is 9.10. The van der Waals surface area contributed by atoms with Crippen molar-refractivity contribution in [3.63, 3.8) is 0 Å². The summed E-state index contributed by atoms with van der Waals surface area (Å²) in [5.41, 5.74) is 2.60. The molecular weight excluding hydrogens is 296 g/mol. The molecule has 0 spiro atoms. The molecule has 96 valence electrons. The second kappa shape index (κ2) is 4.72. The van der Waals surface area contributed by atoms with Crippen molar-refractivity contribution < 1.29 is 9.90 Å². The predicted molar refractivity (Wildman–Crippen MR) is 73.3 cm³/mol. The summed E-state index contributed by atoms with van der Waals surface area (Å²) in [7, 11) is 0. The molecule has 4 nitrogen and oxygen atoms in total. The van der Waals surface area contributed by atoms with Crippen molar-refractivity contribution in [2.75, 3.05) is 0 Å². The summed E-state index contributed by atoms with van der Waals surface area (Å²) in [5.74, 6) is -0.801. The van der Waals surface area contributed by atoms with Crippen molar-refractivity contribution in [1.82, 2.24) is 9.38 Å². The van der Waals surface area contributed by atoms with Gasteiger partial charge in [0.2, 0.25) is 0 Å². The second-order valence-corrected chi connectivity index (χ2v) is 5.41. The molecule has 0 saturated carbocycles. The molecule has 2 rings (SSSR count). The van der Waals surface area contributed by atoms with Gasteiger partial charge in [-0.1, -0.05) is 13.8 Å². The van der Waals surface area contributed by atoms with Crippen LogP contribution in [-0.4, -0.2) is 20.5 Å². The third-order valence-electron chi connectivity index (χ3n) is 3.18. The first-order valence-electron chi connectivity index (χ1n) is 5.87. The van der Waals surface area contributed by atoms with Crippen LogP contribution in [0.5, 0.6) is 0 Å². The van der Waals surface area contributed by atoms with E-state index in [1.54, 1.807) is 10.6 Å². The van der Waals surface area contributed by atoms with Crippen LogP contribution in [0.2, 0.25) is 0 Å². The highest BCUT2D eigenvalue weighted by Gasteiger charge is 2.22. The first-order valence-corrected chi connectivity index (χ1v) is 6.66. The van der Waals surface area contributed by atoms with Gasteiger partial charge in [-0.25, -0.2) is 9.78 Å². The monoisotopic (exact) mass is 310 g/mol. The number of imidazole rings is 1. The maximum Gasteiger partial charge on any atom is 0.354 e. The Hall–Kier alpha value is -1.36. The Balaban J connectivity index is 2.84. The van der Waals surface area contributed by atoms with Crippen LogP contribution >= 0.6 is 15.9 Å². The largest absolute Gasteiger partial charge is 0.477 e. The lowest BCUT2D eigenvalue weighted by Crippen LogP contribution is -2.07. The van der Waals surface area contributed by atoms with Crippen molar-refractivity contribution in [1.29, 1.82) is 0 Å². The lowest BCUT2D eigenvalue weighted by atomic mass is 10.0. The number of aromatic carboxylic acids is 1. The molecule has 2 aromatic heterocycles. The van der Waals surface area contributed by atoms with Crippen LogP contribution in [0.15, 0.2) is 16.7 Å². The topological polar surface area (TPSA) is 54.6 Å². The highest BCUT2D eigenvalue weighted by Crippen LogP contribution is 2.26. The van der Waals surface area contributed by atoms with E-state index in [1.165, 1.54) is 0 Å². The number of fused-ring (bicyclic) bond motifs is 1. The summed E-state index contributed by atoms with van der Waals surface area (Å²) < 4.78 is 2.51. The number of rotatable bonds is 3. The van der Waals surface area contributed by atoms with E-state index in [9.17, 15) is 9.90 Å². The zero-order valence-electron chi connectivity index (χ0n) is 10.6. The molecule has 0 radical (unpaired) electrons. The molecule has 1 N–H and O–H groups in total. The molecule has 0 aliphatic rings. The fourth-order valence-corrected chi connectivity index (χ4v) is 2.58. The number of hydrogen-bond acceptors (Lipinski definition) is 2. The van der Waals surface area contributed by atoms with Crippen molar-refractivity contribution in [3.8, 4) is 0 Å². The molecular formula is C13H15BrN2O2. The van der Waals surface area contributed by atoms with Gasteiger partial charge < -0.3 is 5.11 Å². The average Bonchev–Trinajstić information content (AvgIpc) is 2.67. The van der Waals surface area contributed by atoms with Crippen LogP contribution in [0, 0.1) is 6.92 Å². The summed E-state index contributed by atoms with van der Waals surface area (Å²) in [6, 6.07) is 1.94. The number of carboxylic acid groups (broad SMARTS) is 1. The maximum atomic E-state index is 11.5.